The van der Waals surface area contributed by atoms with E-state index in [1.807, 2.05) is 5.38 Å². The minimum Gasteiger partial charge on any atom is -0.290 e. The number of carbonyl (C=O) groups excluding carboxylic acids is 2. The van der Waals surface area contributed by atoms with E-state index in [4.69, 9.17) is 0 Å². The molecule has 0 unspecified atom stereocenters. The van der Waals surface area contributed by atoms with Gasteiger partial charge in [0.05, 0.1) is 16.5 Å². The molecule has 3 aromatic rings. The summed E-state index contributed by atoms with van der Waals surface area (Å²) in [7, 11) is 1.68. The van der Waals surface area contributed by atoms with Gasteiger partial charge in [-0.05, 0) is 23.6 Å². The standard InChI is InChI=1S/C17H13N3O3S2/c1-19-14(21)12-6-8-24-13(12)18-17(19)25-9-7-20-15(22)10-4-2-3-5-11(10)16(20)23/h2-6,8H,7,9H2,1H3. The third-order valence-corrected chi connectivity index (χ3v) is 5.90. The van der Waals surface area contributed by atoms with E-state index in [-0.39, 0.29) is 23.9 Å². The van der Waals surface area contributed by atoms with Crippen LogP contribution in [0.3, 0.4) is 0 Å². The van der Waals surface area contributed by atoms with Gasteiger partial charge in [-0.2, -0.15) is 0 Å². The smallest absolute Gasteiger partial charge is 0.262 e. The molecule has 1 aromatic carbocycles. The molecule has 0 aliphatic carbocycles. The van der Waals surface area contributed by atoms with Crippen LogP contribution in [0.2, 0.25) is 0 Å². The van der Waals surface area contributed by atoms with Crippen LogP contribution in [-0.4, -0.2) is 38.6 Å². The first-order valence-electron chi connectivity index (χ1n) is 7.60. The fraction of sp³-hybridized carbons (Fsp3) is 0.176. The number of aromatic nitrogens is 2. The van der Waals surface area contributed by atoms with Crippen molar-refractivity contribution in [2.75, 3.05) is 12.3 Å². The van der Waals surface area contributed by atoms with Crippen molar-refractivity contribution in [1.29, 1.82) is 0 Å². The van der Waals surface area contributed by atoms with Crippen molar-refractivity contribution < 1.29 is 9.59 Å². The number of fused-ring (bicyclic) bond motifs is 2. The van der Waals surface area contributed by atoms with Gasteiger partial charge in [0.25, 0.3) is 17.4 Å². The Morgan fingerprint density at radius 3 is 2.44 bits per heavy atom. The summed E-state index contributed by atoms with van der Waals surface area (Å²) in [5.74, 6) is -0.0590. The van der Waals surface area contributed by atoms with Gasteiger partial charge in [0.15, 0.2) is 5.16 Å². The van der Waals surface area contributed by atoms with Gasteiger partial charge in [-0.25, -0.2) is 4.98 Å². The molecule has 4 rings (SSSR count). The molecule has 0 saturated heterocycles. The van der Waals surface area contributed by atoms with Crippen molar-refractivity contribution >= 4 is 45.1 Å². The Kier molecular flexibility index (Phi) is 3.93. The normalized spacial score (nSPS) is 13.7. The third-order valence-electron chi connectivity index (χ3n) is 4.09. The second-order valence-corrected chi connectivity index (χ2v) is 7.51. The number of hydrogen-bond donors (Lipinski definition) is 0. The van der Waals surface area contributed by atoms with Gasteiger partial charge in [0, 0.05) is 19.3 Å². The minimum atomic E-state index is -0.267. The molecule has 126 valence electrons. The highest BCUT2D eigenvalue weighted by molar-refractivity contribution is 7.99. The summed E-state index contributed by atoms with van der Waals surface area (Å²) in [6.45, 7) is 0.273. The van der Waals surface area contributed by atoms with Gasteiger partial charge in [-0.1, -0.05) is 23.9 Å². The third kappa shape index (κ3) is 2.58. The van der Waals surface area contributed by atoms with Gasteiger partial charge >= 0.3 is 0 Å². The highest BCUT2D eigenvalue weighted by Crippen LogP contribution is 2.24. The van der Waals surface area contributed by atoms with Crippen LogP contribution in [0.15, 0.2) is 45.7 Å². The Balaban J connectivity index is 1.51. The van der Waals surface area contributed by atoms with Crippen molar-refractivity contribution in [3.05, 3.63) is 57.2 Å². The molecule has 2 aromatic heterocycles. The number of imide groups is 1. The van der Waals surface area contributed by atoms with Crippen LogP contribution in [0.1, 0.15) is 20.7 Å². The predicted octanol–water partition coefficient (Wildman–Crippen LogP) is 2.38. The average Bonchev–Trinajstić information content (AvgIpc) is 3.18. The number of nitrogens with zero attached hydrogens (tertiary/aromatic N) is 3. The van der Waals surface area contributed by atoms with E-state index >= 15 is 0 Å². The number of benzene rings is 1. The van der Waals surface area contributed by atoms with E-state index in [1.54, 1.807) is 37.4 Å². The van der Waals surface area contributed by atoms with E-state index in [0.717, 1.165) is 0 Å². The Morgan fingerprint density at radius 1 is 1.08 bits per heavy atom. The fourth-order valence-electron chi connectivity index (χ4n) is 2.78. The van der Waals surface area contributed by atoms with Crippen LogP contribution >= 0.6 is 23.1 Å². The van der Waals surface area contributed by atoms with Gasteiger partial charge in [0.1, 0.15) is 4.83 Å². The summed E-state index contributed by atoms with van der Waals surface area (Å²) in [6, 6.07) is 8.59. The van der Waals surface area contributed by atoms with Gasteiger partial charge in [0.2, 0.25) is 0 Å². The molecule has 2 amide bonds. The number of thioether (sulfide) groups is 1. The van der Waals surface area contributed by atoms with Crippen molar-refractivity contribution in [2.24, 2.45) is 7.05 Å². The Labute approximate surface area is 151 Å². The largest absolute Gasteiger partial charge is 0.290 e. The molecule has 8 heteroatoms. The molecule has 0 spiro atoms. The van der Waals surface area contributed by atoms with E-state index in [2.05, 4.69) is 4.98 Å². The molecule has 0 saturated carbocycles. The second-order valence-electron chi connectivity index (χ2n) is 5.55. The highest BCUT2D eigenvalue weighted by Gasteiger charge is 2.34. The lowest BCUT2D eigenvalue weighted by Gasteiger charge is -2.13. The fourth-order valence-corrected chi connectivity index (χ4v) is 4.48. The van der Waals surface area contributed by atoms with Gasteiger partial charge in [-0.15, -0.1) is 11.3 Å². The van der Waals surface area contributed by atoms with E-state index in [1.165, 1.54) is 32.6 Å². The summed E-state index contributed by atoms with van der Waals surface area (Å²) in [5, 5.41) is 3.03. The molecule has 0 atom stereocenters. The monoisotopic (exact) mass is 371 g/mol. The number of amides is 2. The molecule has 25 heavy (non-hydrogen) atoms. The zero-order valence-corrected chi connectivity index (χ0v) is 14.9. The van der Waals surface area contributed by atoms with E-state index in [0.29, 0.717) is 32.3 Å². The minimum absolute atomic E-state index is 0.0884. The van der Waals surface area contributed by atoms with Crippen molar-refractivity contribution in [3.8, 4) is 0 Å². The van der Waals surface area contributed by atoms with Crippen LogP contribution < -0.4 is 5.56 Å². The lowest BCUT2D eigenvalue weighted by molar-refractivity contribution is 0.0664. The van der Waals surface area contributed by atoms with Crippen molar-refractivity contribution in [1.82, 2.24) is 14.5 Å². The summed E-state index contributed by atoms with van der Waals surface area (Å²) in [5.41, 5.74) is 0.806. The molecule has 3 heterocycles. The number of hydrogen-bond acceptors (Lipinski definition) is 6. The van der Waals surface area contributed by atoms with Crippen LogP contribution in [0.25, 0.3) is 10.2 Å². The molecule has 0 fully saturated rings. The lowest BCUT2D eigenvalue weighted by atomic mass is 10.1. The topological polar surface area (TPSA) is 72.3 Å². The molecule has 0 radical (unpaired) electrons. The SMILES string of the molecule is Cn1c(SCCN2C(=O)c3ccccc3C2=O)nc2sccc2c1=O. The first kappa shape index (κ1) is 16.0. The molecule has 0 bridgehead atoms. The molecule has 1 aliphatic rings. The summed E-state index contributed by atoms with van der Waals surface area (Å²) >= 11 is 2.78. The lowest BCUT2D eigenvalue weighted by Crippen LogP contribution is -2.32. The maximum Gasteiger partial charge on any atom is 0.262 e. The number of thiophene rings is 1. The number of carbonyl (C=O) groups is 2. The molecular formula is C17H13N3O3S2. The maximum absolute atomic E-state index is 12.3. The molecule has 0 N–H and O–H groups in total. The summed E-state index contributed by atoms with van der Waals surface area (Å²) in [6.07, 6.45) is 0. The van der Waals surface area contributed by atoms with Crippen LogP contribution in [0, 0.1) is 0 Å². The summed E-state index contributed by atoms with van der Waals surface area (Å²) in [4.78, 5) is 43.4. The second kappa shape index (κ2) is 6.12. The molecular weight excluding hydrogens is 358 g/mol. The highest BCUT2D eigenvalue weighted by atomic mass is 32.2. The first-order chi connectivity index (χ1) is 12.1. The van der Waals surface area contributed by atoms with Gasteiger partial charge < -0.3 is 0 Å². The Morgan fingerprint density at radius 2 is 1.76 bits per heavy atom. The summed E-state index contributed by atoms with van der Waals surface area (Å²) < 4.78 is 1.50. The quantitative estimate of drug-likeness (QED) is 0.400. The van der Waals surface area contributed by atoms with Crippen LogP contribution in [0.5, 0.6) is 0 Å². The maximum atomic E-state index is 12.3. The van der Waals surface area contributed by atoms with Crippen molar-refractivity contribution in [3.63, 3.8) is 0 Å². The van der Waals surface area contributed by atoms with Crippen LogP contribution in [-0.2, 0) is 7.05 Å². The average molecular weight is 371 g/mol. The first-order valence-corrected chi connectivity index (χ1v) is 9.46. The Hall–Kier alpha value is -2.45. The zero-order chi connectivity index (χ0) is 17.6. The van der Waals surface area contributed by atoms with E-state index in [9.17, 15) is 14.4 Å². The number of rotatable bonds is 4. The molecule has 1 aliphatic heterocycles. The van der Waals surface area contributed by atoms with Crippen LogP contribution in [0.4, 0.5) is 0 Å². The van der Waals surface area contributed by atoms with Gasteiger partial charge in [-0.3, -0.25) is 23.9 Å². The zero-order valence-electron chi connectivity index (χ0n) is 13.3. The molecule has 6 nitrogen and oxygen atoms in total. The van der Waals surface area contributed by atoms with E-state index < -0.39 is 0 Å². The Bertz CT molecular complexity index is 1040. The predicted molar refractivity (Wildman–Crippen MR) is 97.4 cm³/mol. The van der Waals surface area contributed by atoms with Crippen molar-refractivity contribution in [2.45, 2.75) is 5.16 Å².